The Labute approximate surface area is 70.9 Å². The first-order valence-electron chi connectivity index (χ1n) is 3.26. The highest BCUT2D eigenvalue weighted by Crippen LogP contribution is 2.19. The summed E-state index contributed by atoms with van der Waals surface area (Å²) in [5.74, 6) is 0. The van der Waals surface area contributed by atoms with Crippen LogP contribution in [0.15, 0.2) is 29.3 Å². The quantitative estimate of drug-likeness (QED) is 0.532. The third kappa shape index (κ3) is 2.24. The van der Waals surface area contributed by atoms with E-state index in [2.05, 4.69) is 10.3 Å². The Balaban J connectivity index is 2.77. The number of anilines is 1. The molecule has 1 aromatic carbocycles. The first-order chi connectivity index (χ1) is 5.34. The van der Waals surface area contributed by atoms with Crippen molar-refractivity contribution in [2.24, 2.45) is 4.99 Å². The van der Waals surface area contributed by atoms with Crippen LogP contribution in [-0.4, -0.2) is 13.4 Å². The fourth-order valence-corrected chi connectivity index (χ4v) is 0.903. The van der Waals surface area contributed by atoms with Crippen LogP contribution in [0, 0.1) is 0 Å². The Kier molecular flexibility index (Phi) is 2.93. The summed E-state index contributed by atoms with van der Waals surface area (Å²) in [5, 5.41) is 3.64. The van der Waals surface area contributed by atoms with Gasteiger partial charge < -0.3 is 5.32 Å². The third-order valence-corrected chi connectivity index (χ3v) is 1.55. The lowest BCUT2D eigenvalue weighted by molar-refractivity contribution is 1.46. The molecule has 0 heterocycles. The first-order valence-corrected chi connectivity index (χ1v) is 3.64. The minimum Gasteiger partial charge on any atom is -0.346 e. The molecular weight excluding hydrogens is 160 g/mol. The molecule has 0 atom stereocenters. The van der Waals surface area contributed by atoms with Gasteiger partial charge in [0.1, 0.15) is 0 Å². The molecule has 0 aliphatic heterocycles. The van der Waals surface area contributed by atoms with E-state index in [4.69, 9.17) is 11.6 Å². The maximum atomic E-state index is 5.84. The third-order valence-electron chi connectivity index (χ3n) is 1.22. The summed E-state index contributed by atoms with van der Waals surface area (Å²) in [6.45, 7) is 0. The molecule has 11 heavy (non-hydrogen) atoms. The molecule has 0 aromatic heterocycles. The molecule has 0 aliphatic carbocycles. The number of nitrogens with one attached hydrogen (secondary N) is 1. The number of nitrogens with zero attached hydrogens (tertiary/aromatic N) is 1. The van der Waals surface area contributed by atoms with Crippen molar-refractivity contribution < 1.29 is 0 Å². The van der Waals surface area contributed by atoms with Gasteiger partial charge in [-0.1, -0.05) is 23.7 Å². The van der Waals surface area contributed by atoms with E-state index >= 15 is 0 Å². The van der Waals surface area contributed by atoms with Gasteiger partial charge in [-0.2, -0.15) is 0 Å². The van der Waals surface area contributed by atoms with Crippen molar-refractivity contribution in [1.29, 1.82) is 0 Å². The van der Waals surface area contributed by atoms with E-state index in [0.29, 0.717) is 5.02 Å². The molecule has 0 aliphatic rings. The lowest BCUT2D eigenvalue weighted by Crippen LogP contribution is -1.94. The molecule has 0 amide bonds. The molecule has 0 radical (unpaired) electrons. The number of halogens is 1. The van der Waals surface area contributed by atoms with Crippen LogP contribution in [0.3, 0.4) is 0 Å². The summed E-state index contributed by atoms with van der Waals surface area (Å²) >= 11 is 5.84. The summed E-state index contributed by atoms with van der Waals surface area (Å²) in [6.07, 6.45) is 1.60. The smallest absolute Gasteiger partial charge is 0.0864 e. The van der Waals surface area contributed by atoms with Crippen LogP contribution in [0.1, 0.15) is 0 Å². The molecule has 0 unspecified atom stereocenters. The van der Waals surface area contributed by atoms with E-state index in [9.17, 15) is 0 Å². The lowest BCUT2D eigenvalue weighted by atomic mass is 10.3. The summed E-state index contributed by atoms with van der Waals surface area (Å²) < 4.78 is 0. The van der Waals surface area contributed by atoms with Crippen molar-refractivity contribution >= 4 is 23.6 Å². The largest absolute Gasteiger partial charge is 0.346 e. The van der Waals surface area contributed by atoms with E-state index in [1.807, 2.05) is 24.3 Å². The van der Waals surface area contributed by atoms with Gasteiger partial charge in [-0.3, -0.25) is 4.99 Å². The van der Waals surface area contributed by atoms with Crippen LogP contribution in [-0.2, 0) is 0 Å². The van der Waals surface area contributed by atoms with Gasteiger partial charge in [0, 0.05) is 7.05 Å². The Morgan fingerprint density at radius 1 is 1.45 bits per heavy atom. The monoisotopic (exact) mass is 168 g/mol. The van der Waals surface area contributed by atoms with E-state index in [-0.39, 0.29) is 0 Å². The second-order valence-corrected chi connectivity index (χ2v) is 2.42. The first kappa shape index (κ1) is 8.08. The zero-order chi connectivity index (χ0) is 8.10. The van der Waals surface area contributed by atoms with E-state index < -0.39 is 0 Å². The lowest BCUT2D eigenvalue weighted by Gasteiger charge is -2.00. The van der Waals surface area contributed by atoms with Gasteiger partial charge in [-0.15, -0.1) is 0 Å². The Morgan fingerprint density at radius 3 is 2.82 bits per heavy atom. The van der Waals surface area contributed by atoms with Gasteiger partial charge in [0.25, 0.3) is 0 Å². The van der Waals surface area contributed by atoms with Crippen LogP contribution >= 0.6 is 11.6 Å². The highest BCUT2D eigenvalue weighted by Gasteiger charge is 1.93. The summed E-state index contributed by atoms with van der Waals surface area (Å²) in [6, 6.07) is 7.52. The van der Waals surface area contributed by atoms with Crippen molar-refractivity contribution in [3.8, 4) is 0 Å². The standard InChI is InChI=1S/C8H9ClN2/c1-10-6-11-8-5-3-2-4-7(8)9/h2-6H,1H3,(H,10,11). The fraction of sp³-hybridized carbons (Fsp3) is 0.125. The minimum absolute atomic E-state index is 0.701. The molecule has 0 saturated carbocycles. The van der Waals surface area contributed by atoms with Gasteiger partial charge in [0.15, 0.2) is 0 Å². The molecular formula is C8H9ClN2. The number of para-hydroxylation sites is 1. The van der Waals surface area contributed by atoms with E-state index in [0.717, 1.165) is 5.69 Å². The van der Waals surface area contributed by atoms with Crippen molar-refractivity contribution in [1.82, 2.24) is 0 Å². The number of hydrogen-bond acceptors (Lipinski definition) is 1. The van der Waals surface area contributed by atoms with Crippen LogP contribution in [0.5, 0.6) is 0 Å². The van der Waals surface area contributed by atoms with Crippen LogP contribution in [0.25, 0.3) is 0 Å². The zero-order valence-electron chi connectivity index (χ0n) is 6.21. The molecule has 0 spiro atoms. The molecule has 2 nitrogen and oxygen atoms in total. The summed E-state index contributed by atoms with van der Waals surface area (Å²) in [5.41, 5.74) is 0.875. The molecule has 3 heteroatoms. The van der Waals surface area contributed by atoms with Crippen LogP contribution < -0.4 is 5.32 Å². The fourth-order valence-electron chi connectivity index (χ4n) is 0.712. The molecule has 0 saturated heterocycles. The second kappa shape index (κ2) is 3.98. The Hall–Kier alpha value is -1.02. The normalized spacial score (nSPS) is 10.4. The van der Waals surface area contributed by atoms with Gasteiger partial charge in [0.2, 0.25) is 0 Å². The number of rotatable bonds is 2. The van der Waals surface area contributed by atoms with Gasteiger partial charge in [-0.25, -0.2) is 0 Å². The Bertz CT molecular complexity index is 258. The van der Waals surface area contributed by atoms with Crippen molar-refractivity contribution in [2.75, 3.05) is 12.4 Å². The summed E-state index contributed by atoms with van der Waals surface area (Å²) in [4.78, 5) is 3.78. The average Bonchev–Trinajstić information content (AvgIpc) is 2.03. The van der Waals surface area contributed by atoms with E-state index in [1.165, 1.54) is 0 Å². The summed E-state index contributed by atoms with van der Waals surface area (Å²) in [7, 11) is 1.70. The highest BCUT2D eigenvalue weighted by atomic mass is 35.5. The average molecular weight is 169 g/mol. The van der Waals surface area contributed by atoms with Crippen molar-refractivity contribution in [3.05, 3.63) is 29.3 Å². The van der Waals surface area contributed by atoms with Gasteiger partial charge >= 0.3 is 0 Å². The predicted octanol–water partition coefficient (Wildman–Crippen LogP) is 2.41. The van der Waals surface area contributed by atoms with Crippen molar-refractivity contribution in [2.45, 2.75) is 0 Å². The molecule has 1 N–H and O–H groups in total. The molecule has 58 valence electrons. The maximum Gasteiger partial charge on any atom is 0.0864 e. The molecule has 0 bridgehead atoms. The molecule has 0 fully saturated rings. The predicted molar refractivity (Wildman–Crippen MR) is 49.5 cm³/mol. The van der Waals surface area contributed by atoms with Gasteiger partial charge in [0.05, 0.1) is 17.0 Å². The van der Waals surface area contributed by atoms with Crippen LogP contribution in [0.2, 0.25) is 5.02 Å². The van der Waals surface area contributed by atoms with E-state index in [1.54, 1.807) is 13.4 Å². The number of benzene rings is 1. The Morgan fingerprint density at radius 2 is 2.18 bits per heavy atom. The second-order valence-electron chi connectivity index (χ2n) is 2.01. The topological polar surface area (TPSA) is 24.4 Å². The number of hydrogen-bond donors (Lipinski definition) is 1. The molecule has 1 aromatic rings. The maximum absolute atomic E-state index is 5.84. The zero-order valence-corrected chi connectivity index (χ0v) is 6.97. The SMILES string of the molecule is CN=CNc1ccccc1Cl. The molecule has 1 rings (SSSR count). The van der Waals surface area contributed by atoms with Gasteiger partial charge in [-0.05, 0) is 12.1 Å². The highest BCUT2D eigenvalue weighted by molar-refractivity contribution is 6.33. The van der Waals surface area contributed by atoms with Crippen molar-refractivity contribution in [3.63, 3.8) is 0 Å². The number of aliphatic imine (C=N–C) groups is 1. The minimum atomic E-state index is 0.701. The van der Waals surface area contributed by atoms with Crippen LogP contribution in [0.4, 0.5) is 5.69 Å².